The molecule has 2 N–H and O–H groups in total. The molecule has 0 spiro atoms. The zero-order valence-electron chi connectivity index (χ0n) is 9.05. The molecule has 3 heteroatoms. The van der Waals surface area contributed by atoms with Crippen LogP contribution in [0, 0.1) is 0 Å². The van der Waals surface area contributed by atoms with Crippen LogP contribution in [0.4, 0.5) is 0 Å². The van der Waals surface area contributed by atoms with E-state index < -0.39 is 0 Å². The summed E-state index contributed by atoms with van der Waals surface area (Å²) < 4.78 is 0. The van der Waals surface area contributed by atoms with Crippen molar-refractivity contribution in [3.63, 3.8) is 0 Å². The third-order valence-corrected chi connectivity index (χ3v) is 3.41. The molecule has 1 aliphatic rings. The van der Waals surface area contributed by atoms with E-state index in [0.717, 1.165) is 18.4 Å². The van der Waals surface area contributed by atoms with Crippen molar-refractivity contribution < 1.29 is 0 Å². The molecule has 1 aromatic rings. The highest BCUT2D eigenvalue weighted by Gasteiger charge is 2.14. The van der Waals surface area contributed by atoms with Crippen molar-refractivity contribution in [3.05, 3.63) is 45.5 Å². The summed E-state index contributed by atoms with van der Waals surface area (Å²) in [5.74, 6) is 0. The number of hydrogen-bond acceptors (Lipinski definition) is 1. The van der Waals surface area contributed by atoms with Gasteiger partial charge in [-0.3, -0.25) is 0 Å². The summed E-state index contributed by atoms with van der Waals surface area (Å²) >= 11 is 11.9. The predicted octanol–water partition coefficient (Wildman–Crippen LogP) is 4.49. The molecule has 0 radical (unpaired) electrons. The molecule has 0 saturated carbocycles. The molecule has 1 atom stereocenters. The van der Waals surface area contributed by atoms with Gasteiger partial charge in [-0.25, -0.2) is 0 Å². The second-order valence-corrected chi connectivity index (χ2v) is 5.08. The van der Waals surface area contributed by atoms with Crippen LogP contribution in [0.25, 0.3) is 0 Å². The number of rotatable bonds is 2. The first-order valence-electron chi connectivity index (χ1n) is 5.57. The largest absolute Gasteiger partial charge is 0.321 e. The van der Waals surface area contributed by atoms with Gasteiger partial charge in [0.25, 0.3) is 0 Å². The summed E-state index contributed by atoms with van der Waals surface area (Å²) in [5.41, 5.74) is 8.54. The molecular weight excluding hydrogens is 241 g/mol. The van der Waals surface area contributed by atoms with Crippen LogP contribution in [0.15, 0.2) is 29.8 Å². The Morgan fingerprint density at radius 2 is 1.75 bits per heavy atom. The van der Waals surface area contributed by atoms with Crippen molar-refractivity contribution in [2.45, 2.75) is 31.7 Å². The third kappa shape index (κ3) is 2.79. The fourth-order valence-electron chi connectivity index (χ4n) is 2.11. The molecule has 1 unspecified atom stereocenters. The molecular formula is C13H15Cl2N. The maximum absolute atomic E-state index is 6.22. The van der Waals surface area contributed by atoms with Crippen molar-refractivity contribution in [2.24, 2.45) is 5.73 Å². The van der Waals surface area contributed by atoms with E-state index in [0.29, 0.717) is 10.0 Å². The lowest BCUT2D eigenvalue weighted by Crippen LogP contribution is -2.14. The molecule has 2 rings (SSSR count). The van der Waals surface area contributed by atoms with Gasteiger partial charge in [-0.1, -0.05) is 34.9 Å². The summed E-state index contributed by atoms with van der Waals surface area (Å²) in [7, 11) is 0. The highest BCUT2D eigenvalue weighted by Crippen LogP contribution is 2.30. The average molecular weight is 256 g/mol. The Bertz CT molecular complexity index is 392. The van der Waals surface area contributed by atoms with Gasteiger partial charge < -0.3 is 5.73 Å². The van der Waals surface area contributed by atoms with Crippen LogP contribution >= 0.6 is 23.2 Å². The first-order chi connectivity index (χ1) is 7.66. The first-order valence-corrected chi connectivity index (χ1v) is 6.33. The highest BCUT2D eigenvalue weighted by molar-refractivity contribution is 6.34. The van der Waals surface area contributed by atoms with Gasteiger partial charge in [0.2, 0.25) is 0 Å². The lowest BCUT2D eigenvalue weighted by atomic mass is 9.90. The number of hydrogen-bond donors (Lipinski definition) is 1. The summed E-state index contributed by atoms with van der Waals surface area (Å²) in [4.78, 5) is 0. The maximum Gasteiger partial charge on any atom is 0.0512 e. The standard InChI is InChI=1S/C13H15Cl2N/c14-11-6-10(7-12(15)8-11)13(16)9-4-2-1-3-5-9/h4,6-8,13H,1-3,5,16H2. The lowest BCUT2D eigenvalue weighted by Gasteiger charge is -2.20. The minimum Gasteiger partial charge on any atom is -0.321 e. The van der Waals surface area contributed by atoms with Gasteiger partial charge in [0.05, 0.1) is 6.04 Å². The van der Waals surface area contributed by atoms with E-state index in [-0.39, 0.29) is 6.04 Å². The second-order valence-electron chi connectivity index (χ2n) is 4.21. The quantitative estimate of drug-likeness (QED) is 0.775. The van der Waals surface area contributed by atoms with Crippen LogP contribution in [-0.2, 0) is 0 Å². The normalized spacial score (nSPS) is 18.1. The maximum atomic E-state index is 6.22. The summed E-state index contributed by atoms with van der Waals surface area (Å²) in [6.07, 6.45) is 6.98. The van der Waals surface area contributed by atoms with Crippen LogP contribution in [0.3, 0.4) is 0 Å². The van der Waals surface area contributed by atoms with Crippen LogP contribution in [0.1, 0.15) is 37.3 Å². The topological polar surface area (TPSA) is 26.0 Å². The number of halogens is 2. The summed E-state index contributed by atoms with van der Waals surface area (Å²) in [6.45, 7) is 0. The summed E-state index contributed by atoms with van der Waals surface area (Å²) in [6, 6.07) is 5.46. The van der Waals surface area contributed by atoms with E-state index in [1.165, 1.54) is 18.4 Å². The van der Waals surface area contributed by atoms with E-state index in [1.54, 1.807) is 6.07 Å². The summed E-state index contributed by atoms with van der Waals surface area (Å²) in [5, 5.41) is 1.30. The van der Waals surface area contributed by atoms with Crippen molar-refractivity contribution in [1.29, 1.82) is 0 Å². The van der Waals surface area contributed by atoms with Gasteiger partial charge >= 0.3 is 0 Å². The van der Waals surface area contributed by atoms with Crippen molar-refractivity contribution in [1.82, 2.24) is 0 Å². The minimum absolute atomic E-state index is 0.0588. The zero-order chi connectivity index (χ0) is 11.5. The van der Waals surface area contributed by atoms with Crippen LogP contribution < -0.4 is 5.73 Å². The van der Waals surface area contributed by atoms with Gasteiger partial charge in [-0.15, -0.1) is 0 Å². The van der Waals surface area contributed by atoms with E-state index in [9.17, 15) is 0 Å². The van der Waals surface area contributed by atoms with Crippen LogP contribution in [0.2, 0.25) is 10.0 Å². The molecule has 16 heavy (non-hydrogen) atoms. The van der Waals surface area contributed by atoms with E-state index >= 15 is 0 Å². The smallest absolute Gasteiger partial charge is 0.0512 e. The number of nitrogens with two attached hydrogens (primary N) is 1. The Morgan fingerprint density at radius 1 is 1.06 bits per heavy atom. The molecule has 0 heterocycles. The van der Waals surface area contributed by atoms with Crippen LogP contribution in [0.5, 0.6) is 0 Å². The van der Waals surface area contributed by atoms with Gasteiger partial charge in [0.1, 0.15) is 0 Å². The van der Waals surface area contributed by atoms with E-state index in [2.05, 4.69) is 6.08 Å². The molecule has 0 fully saturated rings. The Hall–Kier alpha value is -0.500. The second kappa shape index (κ2) is 5.22. The molecule has 86 valence electrons. The Kier molecular flexibility index (Phi) is 3.91. The van der Waals surface area contributed by atoms with E-state index in [4.69, 9.17) is 28.9 Å². The highest BCUT2D eigenvalue weighted by atomic mass is 35.5. The van der Waals surface area contributed by atoms with E-state index in [1.807, 2.05) is 12.1 Å². The number of allylic oxidation sites excluding steroid dienone is 1. The fourth-order valence-corrected chi connectivity index (χ4v) is 2.66. The fraction of sp³-hybridized carbons (Fsp3) is 0.385. The average Bonchev–Trinajstić information content (AvgIpc) is 2.28. The molecule has 1 aromatic carbocycles. The Labute approximate surface area is 106 Å². The van der Waals surface area contributed by atoms with Gasteiger partial charge in [0, 0.05) is 10.0 Å². The van der Waals surface area contributed by atoms with Crippen molar-refractivity contribution in [2.75, 3.05) is 0 Å². The molecule has 1 nitrogen and oxygen atoms in total. The van der Waals surface area contributed by atoms with Gasteiger partial charge in [-0.05, 0) is 49.4 Å². The molecule has 0 bridgehead atoms. The molecule has 0 aliphatic heterocycles. The molecule has 0 aromatic heterocycles. The lowest BCUT2D eigenvalue weighted by molar-refractivity contribution is 0.648. The Balaban J connectivity index is 2.25. The van der Waals surface area contributed by atoms with Gasteiger partial charge in [0.15, 0.2) is 0 Å². The minimum atomic E-state index is -0.0588. The monoisotopic (exact) mass is 255 g/mol. The van der Waals surface area contributed by atoms with Gasteiger partial charge in [-0.2, -0.15) is 0 Å². The first kappa shape index (κ1) is 12.0. The SMILES string of the molecule is NC(C1=CCCCC1)c1cc(Cl)cc(Cl)c1. The number of benzene rings is 1. The van der Waals surface area contributed by atoms with Crippen molar-refractivity contribution >= 4 is 23.2 Å². The molecule has 0 saturated heterocycles. The zero-order valence-corrected chi connectivity index (χ0v) is 10.6. The van der Waals surface area contributed by atoms with Crippen molar-refractivity contribution in [3.8, 4) is 0 Å². The molecule has 1 aliphatic carbocycles. The third-order valence-electron chi connectivity index (χ3n) is 2.97. The molecule has 0 amide bonds. The van der Waals surface area contributed by atoms with Crippen LogP contribution in [-0.4, -0.2) is 0 Å². The predicted molar refractivity (Wildman–Crippen MR) is 69.9 cm³/mol. The Morgan fingerprint density at radius 3 is 2.31 bits per heavy atom.